The Morgan fingerprint density at radius 3 is 2.39 bits per heavy atom. The van der Waals surface area contributed by atoms with Gasteiger partial charge < -0.3 is 4.74 Å². The van der Waals surface area contributed by atoms with E-state index in [4.69, 9.17) is 4.74 Å². The van der Waals surface area contributed by atoms with E-state index in [0.717, 1.165) is 17.5 Å². The molecule has 0 spiro atoms. The van der Waals surface area contributed by atoms with Gasteiger partial charge in [-0.15, -0.1) is 0 Å². The highest BCUT2D eigenvalue weighted by molar-refractivity contribution is 9.10. The van der Waals surface area contributed by atoms with E-state index >= 15 is 0 Å². The third-order valence-electron chi connectivity index (χ3n) is 2.96. The number of unbranched alkanes of at least 4 members (excludes halogenated alkanes) is 7. The van der Waals surface area contributed by atoms with E-state index in [1.54, 1.807) is 6.20 Å². The maximum absolute atomic E-state index is 5.62. The topological polar surface area (TPSA) is 22.1 Å². The number of hydrogen-bond acceptors (Lipinski definition) is 2. The van der Waals surface area contributed by atoms with Crippen molar-refractivity contribution in [2.24, 2.45) is 0 Å². The van der Waals surface area contributed by atoms with Gasteiger partial charge in [-0.3, -0.25) is 0 Å². The van der Waals surface area contributed by atoms with Crippen molar-refractivity contribution >= 4 is 15.9 Å². The molecule has 0 N–H and O–H groups in total. The summed E-state index contributed by atoms with van der Waals surface area (Å²) < 4.78 is 6.56. The Kier molecular flexibility index (Phi) is 8.92. The second kappa shape index (κ2) is 10.4. The van der Waals surface area contributed by atoms with E-state index in [0.29, 0.717) is 5.88 Å². The second-order valence-corrected chi connectivity index (χ2v) is 5.47. The molecule has 0 radical (unpaired) electrons. The zero-order valence-electron chi connectivity index (χ0n) is 11.3. The van der Waals surface area contributed by atoms with Crippen molar-refractivity contribution in [3.05, 3.63) is 22.8 Å². The lowest BCUT2D eigenvalue weighted by atomic mass is 10.1. The number of aromatic nitrogens is 1. The molecule has 0 saturated heterocycles. The minimum atomic E-state index is 0.709. The minimum Gasteiger partial charge on any atom is -0.477 e. The van der Waals surface area contributed by atoms with Gasteiger partial charge in [-0.25, -0.2) is 4.98 Å². The molecule has 1 heterocycles. The van der Waals surface area contributed by atoms with Crippen LogP contribution in [0.2, 0.25) is 0 Å². The molecule has 18 heavy (non-hydrogen) atoms. The first-order valence-corrected chi connectivity index (χ1v) is 7.87. The lowest BCUT2D eigenvalue weighted by Crippen LogP contribution is -1.99. The number of halogens is 1. The van der Waals surface area contributed by atoms with Gasteiger partial charge in [0, 0.05) is 6.20 Å². The Balaban J connectivity index is 1.94. The zero-order valence-corrected chi connectivity index (χ0v) is 12.9. The van der Waals surface area contributed by atoms with Crippen molar-refractivity contribution in [3.63, 3.8) is 0 Å². The van der Waals surface area contributed by atoms with Crippen molar-refractivity contribution in [2.75, 3.05) is 6.61 Å². The first-order valence-electron chi connectivity index (χ1n) is 7.08. The van der Waals surface area contributed by atoms with E-state index in [2.05, 4.69) is 27.8 Å². The fourth-order valence-electron chi connectivity index (χ4n) is 1.88. The highest BCUT2D eigenvalue weighted by Gasteiger charge is 2.00. The number of nitrogens with zero attached hydrogens (tertiary/aromatic N) is 1. The SMILES string of the molecule is CCCCCCCCCCOc1ncccc1Br. The van der Waals surface area contributed by atoms with E-state index in [1.807, 2.05) is 12.1 Å². The van der Waals surface area contributed by atoms with Crippen LogP contribution in [0.1, 0.15) is 58.3 Å². The van der Waals surface area contributed by atoms with Gasteiger partial charge >= 0.3 is 0 Å². The number of ether oxygens (including phenoxy) is 1. The summed E-state index contributed by atoms with van der Waals surface area (Å²) in [6, 6.07) is 3.85. The summed E-state index contributed by atoms with van der Waals surface area (Å²) in [5.41, 5.74) is 0. The molecular formula is C15H24BrNO. The first-order chi connectivity index (χ1) is 8.84. The molecule has 0 aliphatic heterocycles. The van der Waals surface area contributed by atoms with E-state index < -0.39 is 0 Å². The molecule has 0 saturated carbocycles. The fraction of sp³-hybridized carbons (Fsp3) is 0.667. The Bertz CT molecular complexity index is 317. The average Bonchev–Trinajstić information content (AvgIpc) is 2.39. The Morgan fingerprint density at radius 1 is 1.06 bits per heavy atom. The van der Waals surface area contributed by atoms with Crippen LogP contribution in [0.5, 0.6) is 5.88 Å². The van der Waals surface area contributed by atoms with Crippen molar-refractivity contribution in [3.8, 4) is 5.88 Å². The quantitative estimate of drug-likeness (QED) is 0.542. The van der Waals surface area contributed by atoms with Gasteiger partial charge in [-0.1, -0.05) is 51.9 Å². The lowest BCUT2D eigenvalue weighted by molar-refractivity contribution is 0.291. The molecule has 0 aliphatic carbocycles. The van der Waals surface area contributed by atoms with Crippen molar-refractivity contribution in [2.45, 2.75) is 58.3 Å². The average molecular weight is 314 g/mol. The normalized spacial score (nSPS) is 10.6. The highest BCUT2D eigenvalue weighted by atomic mass is 79.9. The molecule has 0 fully saturated rings. The summed E-state index contributed by atoms with van der Waals surface area (Å²) in [6.45, 7) is 3.03. The largest absolute Gasteiger partial charge is 0.477 e. The Hall–Kier alpha value is -0.570. The summed E-state index contributed by atoms with van der Waals surface area (Å²) in [5, 5.41) is 0. The maximum atomic E-state index is 5.62. The van der Waals surface area contributed by atoms with Gasteiger partial charge in [0.15, 0.2) is 0 Å². The van der Waals surface area contributed by atoms with Crippen molar-refractivity contribution in [1.82, 2.24) is 4.98 Å². The van der Waals surface area contributed by atoms with Gasteiger partial charge in [0.05, 0.1) is 11.1 Å². The van der Waals surface area contributed by atoms with Gasteiger partial charge in [0.1, 0.15) is 0 Å². The van der Waals surface area contributed by atoms with Crippen LogP contribution in [0.3, 0.4) is 0 Å². The summed E-state index contributed by atoms with van der Waals surface area (Å²) in [7, 11) is 0. The summed E-state index contributed by atoms with van der Waals surface area (Å²) >= 11 is 3.43. The lowest BCUT2D eigenvalue weighted by Gasteiger charge is -2.06. The molecule has 0 aliphatic rings. The third kappa shape index (κ3) is 7.00. The van der Waals surface area contributed by atoms with E-state index in [1.165, 1.54) is 44.9 Å². The summed E-state index contributed by atoms with van der Waals surface area (Å²) in [4.78, 5) is 4.18. The molecule has 1 rings (SSSR count). The smallest absolute Gasteiger partial charge is 0.227 e. The summed E-state index contributed by atoms with van der Waals surface area (Å²) in [6.07, 6.45) is 12.3. The fourth-order valence-corrected chi connectivity index (χ4v) is 2.25. The first kappa shape index (κ1) is 15.5. The predicted molar refractivity (Wildman–Crippen MR) is 80.0 cm³/mol. The number of hydrogen-bond donors (Lipinski definition) is 0. The van der Waals surface area contributed by atoms with Gasteiger partial charge in [-0.05, 0) is 34.5 Å². The molecule has 0 aromatic carbocycles. The van der Waals surface area contributed by atoms with Crippen molar-refractivity contribution in [1.29, 1.82) is 0 Å². The van der Waals surface area contributed by atoms with Crippen LogP contribution in [-0.4, -0.2) is 11.6 Å². The minimum absolute atomic E-state index is 0.709. The number of rotatable bonds is 10. The van der Waals surface area contributed by atoms with Crippen LogP contribution in [0.25, 0.3) is 0 Å². The molecule has 102 valence electrons. The summed E-state index contributed by atoms with van der Waals surface area (Å²) in [5.74, 6) is 0.709. The molecule has 0 amide bonds. The Morgan fingerprint density at radius 2 is 1.72 bits per heavy atom. The van der Waals surface area contributed by atoms with Gasteiger partial charge in [-0.2, -0.15) is 0 Å². The van der Waals surface area contributed by atoms with E-state index in [9.17, 15) is 0 Å². The Labute approximate surface area is 119 Å². The van der Waals surface area contributed by atoms with Crippen LogP contribution in [0.4, 0.5) is 0 Å². The van der Waals surface area contributed by atoms with Crippen LogP contribution in [0.15, 0.2) is 22.8 Å². The monoisotopic (exact) mass is 313 g/mol. The predicted octanol–water partition coefficient (Wildman–Crippen LogP) is 5.36. The molecular weight excluding hydrogens is 290 g/mol. The third-order valence-corrected chi connectivity index (χ3v) is 3.56. The zero-order chi connectivity index (χ0) is 13.1. The molecule has 0 atom stereocenters. The molecule has 1 aromatic rings. The van der Waals surface area contributed by atoms with E-state index in [-0.39, 0.29) is 0 Å². The second-order valence-electron chi connectivity index (χ2n) is 4.61. The maximum Gasteiger partial charge on any atom is 0.227 e. The molecule has 1 aromatic heterocycles. The standard InChI is InChI=1S/C15H24BrNO/c1-2-3-4-5-6-7-8-9-13-18-15-14(16)11-10-12-17-15/h10-12H,2-9,13H2,1H3. The number of pyridine rings is 1. The van der Waals surface area contributed by atoms with Crippen molar-refractivity contribution < 1.29 is 4.74 Å². The molecule has 2 nitrogen and oxygen atoms in total. The van der Waals surface area contributed by atoms with Crippen LogP contribution < -0.4 is 4.74 Å². The highest BCUT2D eigenvalue weighted by Crippen LogP contribution is 2.21. The van der Waals surface area contributed by atoms with Gasteiger partial charge in [0.25, 0.3) is 0 Å². The van der Waals surface area contributed by atoms with Crippen LogP contribution in [0, 0.1) is 0 Å². The van der Waals surface area contributed by atoms with Crippen LogP contribution >= 0.6 is 15.9 Å². The molecule has 0 bridgehead atoms. The molecule has 3 heteroatoms. The molecule has 0 unspecified atom stereocenters. The van der Waals surface area contributed by atoms with Gasteiger partial charge in [0.2, 0.25) is 5.88 Å². The van der Waals surface area contributed by atoms with Crippen LogP contribution in [-0.2, 0) is 0 Å².